The Morgan fingerprint density at radius 1 is 1.05 bits per heavy atom. The molecule has 0 spiro atoms. The van der Waals surface area contributed by atoms with Gasteiger partial charge in [0.05, 0.1) is 18.7 Å². The molecule has 4 aromatic rings. The average Bonchev–Trinajstić information content (AvgIpc) is 3.55. The number of amides is 2. The minimum Gasteiger partial charge on any atom is -0.347 e. The average molecular weight is 505 g/mol. The number of hydrogen-bond acceptors (Lipinski definition) is 7. The van der Waals surface area contributed by atoms with Crippen LogP contribution in [-0.4, -0.2) is 47.5 Å². The standard InChI is InChI=1S/C25H22F2N8O2/c1-14(30-24(37)25(7-8-25)31-23(36)16-11-28-13-29-12-16)18-5-3-15(9-21(18)27)20-10-17(26)4-6-19(20)22-32-34-35(2)33-22/h3-6,9-14H,7-8H2,1-2H3,(H,30,37)(H,31,36)/t14-/m1/s1. The molecule has 12 heteroatoms. The quantitative estimate of drug-likeness (QED) is 0.396. The van der Waals surface area contributed by atoms with E-state index >= 15 is 4.39 Å². The number of tetrazole rings is 1. The maximum atomic E-state index is 15.2. The van der Waals surface area contributed by atoms with Gasteiger partial charge in [-0.1, -0.05) is 12.1 Å². The zero-order valence-corrected chi connectivity index (χ0v) is 19.9. The number of hydrogen-bond donors (Lipinski definition) is 2. The molecule has 0 radical (unpaired) electrons. The van der Waals surface area contributed by atoms with Gasteiger partial charge in [-0.2, -0.15) is 4.80 Å². The molecule has 1 fully saturated rings. The molecule has 0 bridgehead atoms. The summed E-state index contributed by atoms with van der Waals surface area (Å²) >= 11 is 0. The summed E-state index contributed by atoms with van der Waals surface area (Å²) in [5.41, 5.74) is 0.740. The number of rotatable bonds is 7. The van der Waals surface area contributed by atoms with E-state index in [0.29, 0.717) is 29.5 Å². The van der Waals surface area contributed by atoms with E-state index in [4.69, 9.17) is 0 Å². The lowest BCUT2D eigenvalue weighted by molar-refractivity contribution is -0.124. The second kappa shape index (κ2) is 9.45. The van der Waals surface area contributed by atoms with Crippen LogP contribution in [0.5, 0.6) is 0 Å². The summed E-state index contributed by atoms with van der Waals surface area (Å²) in [5, 5.41) is 17.5. The highest BCUT2D eigenvalue weighted by molar-refractivity contribution is 6.00. The van der Waals surface area contributed by atoms with Gasteiger partial charge in [0.1, 0.15) is 23.5 Å². The van der Waals surface area contributed by atoms with Crippen LogP contribution in [0.15, 0.2) is 55.1 Å². The van der Waals surface area contributed by atoms with Gasteiger partial charge in [0.15, 0.2) is 0 Å². The maximum absolute atomic E-state index is 15.2. The molecular weight excluding hydrogens is 482 g/mol. The molecule has 0 unspecified atom stereocenters. The van der Waals surface area contributed by atoms with Crippen LogP contribution in [0.3, 0.4) is 0 Å². The van der Waals surface area contributed by atoms with Gasteiger partial charge in [-0.3, -0.25) is 9.59 Å². The van der Waals surface area contributed by atoms with Crippen LogP contribution in [0.2, 0.25) is 0 Å². The molecule has 2 N–H and O–H groups in total. The fourth-order valence-electron chi connectivity index (χ4n) is 4.04. The van der Waals surface area contributed by atoms with Crippen LogP contribution >= 0.6 is 0 Å². The summed E-state index contributed by atoms with van der Waals surface area (Å²) in [4.78, 5) is 34.3. The summed E-state index contributed by atoms with van der Waals surface area (Å²) in [7, 11) is 1.61. The third kappa shape index (κ3) is 4.90. The Bertz CT molecular complexity index is 1490. The molecule has 1 aliphatic carbocycles. The minimum atomic E-state index is -1.06. The fourth-order valence-corrected chi connectivity index (χ4v) is 4.04. The number of carbonyl (C=O) groups excluding carboxylic acids is 2. The first-order valence-corrected chi connectivity index (χ1v) is 11.5. The van der Waals surface area contributed by atoms with Crippen molar-refractivity contribution in [3.05, 3.63) is 77.9 Å². The topological polar surface area (TPSA) is 128 Å². The van der Waals surface area contributed by atoms with E-state index in [9.17, 15) is 14.0 Å². The molecule has 1 aliphatic rings. The molecule has 1 saturated carbocycles. The molecule has 10 nitrogen and oxygen atoms in total. The van der Waals surface area contributed by atoms with Crippen LogP contribution in [0.1, 0.15) is 41.7 Å². The molecule has 188 valence electrons. The third-order valence-electron chi connectivity index (χ3n) is 6.22. The van der Waals surface area contributed by atoms with Crippen molar-refractivity contribution in [2.24, 2.45) is 7.05 Å². The van der Waals surface area contributed by atoms with Crippen molar-refractivity contribution in [1.82, 2.24) is 40.8 Å². The molecule has 2 heterocycles. The van der Waals surface area contributed by atoms with Gasteiger partial charge in [-0.15, -0.1) is 10.2 Å². The van der Waals surface area contributed by atoms with E-state index < -0.39 is 35.0 Å². The predicted octanol–water partition coefficient (Wildman–Crippen LogP) is 2.75. The number of aromatic nitrogens is 6. The number of nitrogens with one attached hydrogen (secondary N) is 2. The molecular formula is C25H22F2N8O2. The van der Waals surface area contributed by atoms with Gasteiger partial charge >= 0.3 is 0 Å². The zero-order valence-electron chi connectivity index (χ0n) is 19.9. The van der Waals surface area contributed by atoms with Crippen LogP contribution < -0.4 is 10.6 Å². The highest BCUT2D eigenvalue weighted by Crippen LogP contribution is 2.37. The Morgan fingerprint density at radius 2 is 1.81 bits per heavy atom. The number of benzene rings is 2. The van der Waals surface area contributed by atoms with E-state index in [2.05, 4.69) is 36.0 Å². The van der Waals surface area contributed by atoms with Crippen molar-refractivity contribution in [2.45, 2.75) is 31.3 Å². The Labute approximate surface area is 210 Å². The SMILES string of the molecule is C[C@@H](NC(=O)C1(NC(=O)c2cncnc2)CC1)c1ccc(-c2cc(F)ccc2-c2nnn(C)n2)cc1F. The summed E-state index contributed by atoms with van der Waals surface area (Å²) in [6.07, 6.45) is 4.95. The molecule has 2 aromatic heterocycles. The first-order chi connectivity index (χ1) is 17.8. The van der Waals surface area contributed by atoms with Gasteiger partial charge in [-0.25, -0.2) is 18.7 Å². The molecule has 0 saturated heterocycles. The fraction of sp³-hybridized carbons (Fsp3) is 0.240. The van der Waals surface area contributed by atoms with Gasteiger partial charge in [0.2, 0.25) is 11.7 Å². The second-order valence-corrected chi connectivity index (χ2v) is 8.89. The normalized spacial score (nSPS) is 14.6. The van der Waals surface area contributed by atoms with Crippen LogP contribution in [0.25, 0.3) is 22.5 Å². The third-order valence-corrected chi connectivity index (χ3v) is 6.22. The Balaban J connectivity index is 1.34. The first kappa shape index (κ1) is 24.1. The Kier molecular flexibility index (Phi) is 6.15. The predicted molar refractivity (Wildman–Crippen MR) is 128 cm³/mol. The lowest BCUT2D eigenvalue weighted by Crippen LogP contribution is -2.49. The second-order valence-electron chi connectivity index (χ2n) is 8.89. The molecule has 0 aliphatic heterocycles. The smallest absolute Gasteiger partial charge is 0.255 e. The summed E-state index contributed by atoms with van der Waals surface area (Å²) < 4.78 is 29.3. The van der Waals surface area contributed by atoms with Gasteiger partial charge in [-0.05, 0) is 60.4 Å². The molecule has 2 amide bonds. The van der Waals surface area contributed by atoms with Crippen molar-refractivity contribution in [1.29, 1.82) is 0 Å². The van der Waals surface area contributed by atoms with E-state index in [1.54, 1.807) is 20.0 Å². The van der Waals surface area contributed by atoms with E-state index in [-0.39, 0.29) is 17.0 Å². The van der Waals surface area contributed by atoms with E-state index in [1.807, 2.05) is 0 Å². The number of halogens is 2. The highest BCUT2D eigenvalue weighted by atomic mass is 19.1. The minimum absolute atomic E-state index is 0.240. The maximum Gasteiger partial charge on any atom is 0.255 e. The number of aryl methyl sites for hydroxylation is 1. The lowest BCUT2D eigenvalue weighted by atomic mass is 9.96. The van der Waals surface area contributed by atoms with Crippen molar-refractivity contribution in [3.63, 3.8) is 0 Å². The molecule has 2 aromatic carbocycles. The first-order valence-electron chi connectivity index (χ1n) is 11.5. The highest BCUT2D eigenvalue weighted by Gasteiger charge is 2.51. The van der Waals surface area contributed by atoms with Crippen LogP contribution in [-0.2, 0) is 11.8 Å². The van der Waals surface area contributed by atoms with E-state index in [1.165, 1.54) is 53.8 Å². The van der Waals surface area contributed by atoms with Gasteiger partial charge < -0.3 is 10.6 Å². The van der Waals surface area contributed by atoms with Crippen molar-refractivity contribution in [2.75, 3.05) is 0 Å². The number of carbonyl (C=O) groups is 2. The van der Waals surface area contributed by atoms with E-state index in [0.717, 1.165) is 0 Å². The monoisotopic (exact) mass is 504 g/mol. The summed E-state index contributed by atoms with van der Waals surface area (Å²) in [6.45, 7) is 1.65. The van der Waals surface area contributed by atoms with Gasteiger partial charge in [0, 0.05) is 23.5 Å². The Morgan fingerprint density at radius 3 is 2.46 bits per heavy atom. The van der Waals surface area contributed by atoms with Crippen molar-refractivity contribution < 1.29 is 18.4 Å². The van der Waals surface area contributed by atoms with Gasteiger partial charge in [0.25, 0.3) is 5.91 Å². The molecule has 37 heavy (non-hydrogen) atoms. The summed E-state index contributed by atoms with van der Waals surface area (Å²) in [6, 6.07) is 7.83. The molecule has 1 atom stereocenters. The Hall–Kier alpha value is -4.61. The largest absolute Gasteiger partial charge is 0.347 e. The zero-order chi connectivity index (χ0) is 26.2. The number of nitrogens with zero attached hydrogens (tertiary/aromatic N) is 6. The van der Waals surface area contributed by atoms with Crippen molar-refractivity contribution in [3.8, 4) is 22.5 Å². The van der Waals surface area contributed by atoms with Crippen LogP contribution in [0, 0.1) is 11.6 Å². The lowest BCUT2D eigenvalue weighted by Gasteiger charge is -2.21. The van der Waals surface area contributed by atoms with Crippen molar-refractivity contribution >= 4 is 11.8 Å². The van der Waals surface area contributed by atoms with Crippen LogP contribution in [0.4, 0.5) is 8.78 Å². The summed E-state index contributed by atoms with van der Waals surface area (Å²) in [5.74, 6) is -1.66. The molecule has 5 rings (SSSR count).